The lowest BCUT2D eigenvalue weighted by Crippen LogP contribution is -2.24. The topological polar surface area (TPSA) is 37.0 Å². The highest BCUT2D eigenvalue weighted by molar-refractivity contribution is 5.36. The lowest BCUT2D eigenvalue weighted by atomic mass is 10.1. The number of hydrogen-bond donors (Lipinski definition) is 2. The van der Waals surface area contributed by atoms with E-state index in [1.165, 1.54) is 31.4 Å². The molecule has 1 aromatic heterocycles. The first kappa shape index (κ1) is 10.4. The van der Waals surface area contributed by atoms with Crippen molar-refractivity contribution in [3.05, 3.63) is 23.9 Å². The molecule has 3 heteroatoms. The molecule has 2 heterocycles. The summed E-state index contributed by atoms with van der Waals surface area (Å²) < 4.78 is 0. The molecule has 1 aliphatic rings. The molecule has 0 radical (unpaired) electrons. The van der Waals surface area contributed by atoms with E-state index in [0.29, 0.717) is 6.04 Å². The third-order valence-corrected chi connectivity index (χ3v) is 2.88. The van der Waals surface area contributed by atoms with Crippen LogP contribution in [-0.4, -0.2) is 24.1 Å². The van der Waals surface area contributed by atoms with Gasteiger partial charge in [-0.2, -0.15) is 0 Å². The van der Waals surface area contributed by atoms with Gasteiger partial charge in [0.05, 0.1) is 0 Å². The molecule has 0 bridgehead atoms. The lowest BCUT2D eigenvalue weighted by Gasteiger charge is -2.11. The van der Waals surface area contributed by atoms with E-state index in [2.05, 4.69) is 28.6 Å². The van der Waals surface area contributed by atoms with Crippen LogP contribution in [0.15, 0.2) is 18.3 Å². The molecule has 2 rings (SSSR count). The quantitative estimate of drug-likeness (QED) is 0.789. The van der Waals surface area contributed by atoms with E-state index in [-0.39, 0.29) is 0 Å². The minimum absolute atomic E-state index is 0.710. The van der Waals surface area contributed by atoms with E-state index in [0.717, 1.165) is 12.4 Å². The molecule has 1 fully saturated rings. The number of rotatable bonds is 4. The summed E-state index contributed by atoms with van der Waals surface area (Å²) in [7, 11) is 0. The number of nitrogens with one attached hydrogen (secondary N) is 2. The predicted molar refractivity (Wildman–Crippen MR) is 63.1 cm³/mol. The van der Waals surface area contributed by atoms with Gasteiger partial charge < -0.3 is 10.6 Å². The highest BCUT2D eigenvalue weighted by atomic mass is 15.0. The monoisotopic (exact) mass is 205 g/mol. The molecule has 0 aromatic carbocycles. The molecule has 0 unspecified atom stereocenters. The molecule has 0 amide bonds. The second-order valence-corrected chi connectivity index (χ2v) is 4.23. The van der Waals surface area contributed by atoms with Gasteiger partial charge in [-0.1, -0.05) is 0 Å². The Bertz CT molecular complexity index is 305. The Hall–Kier alpha value is -1.09. The van der Waals surface area contributed by atoms with Crippen molar-refractivity contribution in [1.29, 1.82) is 0 Å². The third-order valence-electron chi connectivity index (χ3n) is 2.88. The number of aromatic nitrogens is 1. The normalized spacial score (nSPS) is 20.5. The first-order chi connectivity index (χ1) is 7.34. The zero-order valence-corrected chi connectivity index (χ0v) is 9.29. The first-order valence-corrected chi connectivity index (χ1v) is 5.74. The maximum absolute atomic E-state index is 4.27. The average Bonchev–Trinajstić information content (AvgIpc) is 2.71. The smallest absolute Gasteiger partial charge is 0.126 e. The molecule has 1 saturated heterocycles. The van der Waals surface area contributed by atoms with E-state index in [1.807, 2.05) is 12.3 Å². The molecule has 2 N–H and O–H groups in total. The van der Waals surface area contributed by atoms with Crippen LogP contribution in [0.2, 0.25) is 0 Å². The van der Waals surface area contributed by atoms with Crippen LogP contribution in [0.3, 0.4) is 0 Å². The standard InChI is InChI=1S/C12H19N3/c1-10-4-7-14-12(9-10)15-8-5-11-3-2-6-13-11/h4,7,9,11,13H,2-3,5-6,8H2,1H3,(H,14,15)/t11-/m0/s1. The molecule has 0 aliphatic carbocycles. The van der Waals surface area contributed by atoms with Gasteiger partial charge in [-0.25, -0.2) is 4.98 Å². The maximum Gasteiger partial charge on any atom is 0.126 e. The van der Waals surface area contributed by atoms with Crippen molar-refractivity contribution in [3.63, 3.8) is 0 Å². The second-order valence-electron chi connectivity index (χ2n) is 4.23. The Kier molecular flexibility index (Phi) is 3.56. The van der Waals surface area contributed by atoms with Crippen LogP contribution in [0.1, 0.15) is 24.8 Å². The summed E-state index contributed by atoms with van der Waals surface area (Å²) in [5.74, 6) is 0.994. The summed E-state index contributed by atoms with van der Waals surface area (Å²) in [6.45, 7) is 4.28. The van der Waals surface area contributed by atoms with Crippen LogP contribution >= 0.6 is 0 Å². The third kappa shape index (κ3) is 3.20. The summed E-state index contributed by atoms with van der Waals surface area (Å²) in [5.41, 5.74) is 1.26. The first-order valence-electron chi connectivity index (χ1n) is 5.74. The van der Waals surface area contributed by atoms with Gasteiger partial charge in [0, 0.05) is 18.8 Å². The Labute approximate surface area is 91.3 Å². The predicted octanol–water partition coefficient (Wildman–Crippen LogP) is 1.94. The van der Waals surface area contributed by atoms with Crippen molar-refractivity contribution in [2.24, 2.45) is 0 Å². The van der Waals surface area contributed by atoms with Gasteiger partial charge >= 0.3 is 0 Å². The lowest BCUT2D eigenvalue weighted by molar-refractivity contribution is 0.574. The molecule has 0 saturated carbocycles. The highest BCUT2D eigenvalue weighted by Crippen LogP contribution is 2.10. The van der Waals surface area contributed by atoms with Gasteiger partial charge in [-0.05, 0) is 50.4 Å². The second kappa shape index (κ2) is 5.12. The summed E-state index contributed by atoms with van der Waals surface area (Å²) in [6.07, 6.45) is 5.69. The van der Waals surface area contributed by atoms with Crippen molar-refractivity contribution >= 4 is 5.82 Å². The Morgan fingerprint density at radius 3 is 3.27 bits per heavy atom. The maximum atomic E-state index is 4.27. The molecule has 1 aromatic rings. The number of pyridine rings is 1. The SMILES string of the molecule is Cc1ccnc(NCC[C@@H]2CCCN2)c1. The van der Waals surface area contributed by atoms with E-state index in [1.54, 1.807) is 0 Å². The molecule has 1 aliphatic heterocycles. The Morgan fingerprint density at radius 1 is 1.60 bits per heavy atom. The Morgan fingerprint density at radius 2 is 2.53 bits per heavy atom. The van der Waals surface area contributed by atoms with Crippen LogP contribution in [0.25, 0.3) is 0 Å². The highest BCUT2D eigenvalue weighted by Gasteiger charge is 2.12. The van der Waals surface area contributed by atoms with Gasteiger partial charge in [-0.3, -0.25) is 0 Å². The zero-order valence-electron chi connectivity index (χ0n) is 9.29. The van der Waals surface area contributed by atoms with Crippen molar-refractivity contribution in [2.45, 2.75) is 32.2 Å². The fourth-order valence-electron chi connectivity index (χ4n) is 2.01. The van der Waals surface area contributed by atoms with Crippen LogP contribution < -0.4 is 10.6 Å². The van der Waals surface area contributed by atoms with Crippen LogP contribution in [-0.2, 0) is 0 Å². The molecule has 0 spiro atoms. The van der Waals surface area contributed by atoms with Crippen LogP contribution in [0.5, 0.6) is 0 Å². The van der Waals surface area contributed by atoms with Crippen molar-refractivity contribution < 1.29 is 0 Å². The molecular formula is C12H19N3. The minimum atomic E-state index is 0.710. The average molecular weight is 205 g/mol. The van der Waals surface area contributed by atoms with E-state index in [4.69, 9.17) is 0 Å². The number of aryl methyl sites for hydroxylation is 1. The van der Waals surface area contributed by atoms with Crippen LogP contribution in [0.4, 0.5) is 5.82 Å². The number of nitrogens with zero attached hydrogens (tertiary/aromatic N) is 1. The molecule has 15 heavy (non-hydrogen) atoms. The van der Waals surface area contributed by atoms with Crippen LogP contribution in [0, 0.1) is 6.92 Å². The summed E-state index contributed by atoms with van der Waals surface area (Å²) >= 11 is 0. The van der Waals surface area contributed by atoms with E-state index >= 15 is 0 Å². The molecular weight excluding hydrogens is 186 g/mol. The fraction of sp³-hybridized carbons (Fsp3) is 0.583. The largest absolute Gasteiger partial charge is 0.370 e. The molecule has 3 nitrogen and oxygen atoms in total. The summed E-state index contributed by atoms with van der Waals surface area (Å²) in [4.78, 5) is 4.27. The van der Waals surface area contributed by atoms with Gasteiger partial charge in [0.15, 0.2) is 0 Å². The number of hydrogen-bond acceptors (Lipinski definition) is 3. The van der Waals surface area contributed by atoms with Crippen molar-refractivity contribution in [2.75, 3.05) is 18.4 Å². The van der Waals surface area contributed by atoms with Gasteiger partial charge in [0.2, 0.25) is 0 Å². The van der Waals surface area contributed by atoms with Crippen molar-refractivity contribution in [3.8, 4) is 0 Å². The molecule has 1 atom stereocenters. The Balaban J connectivity index is 1.73. The summed E-state index contributed by atoms with van der Waals surface area (Å²) in [5, 5.41) is 6.86. The summed E-state index contributed by atoms with van der Waals surface area (Å²) in [6, 6.07) is 4.81. The van der Waals surface area contributed by atoms with E-state index < -0.39 is 0 Å². The van der Waals surface area contributed by atoms with Gasteiger partial charge in [0.1, 0.15) is 5.82 Å². The number of anilines is 1. The van der Waals surface area contributed by atoms with Crippen molar-refractivity contribution in [1.82, 2.24) is 10.3 Å². The van der Waals surface area contributed by atoms with Gasteiger partial charge in [0.25, 0.3) is 0 Å². The van der Waals surface area contributed by atoms with Gasteiger partial charge in [-0.15, -0.1) is 0 Å². The molecule has 82 valence electrons. The van der Waals surface area contributed by atoms with E-state index in [9.17, 15) is 0 Å². The minimum Gasteiger partial charge on any atom is -0.370 e. The fourth-order valence-corrected chi connectivity index (χ4v) is 2.01. The zero-order chi connectivity index (χ0) is 10.5.